The second-order valence-corrected chi connectivity index (χ2v) is 32.8. The molecule has 5 aromatic carbocycles. The van der Waals surface area contributed by atoms with E-state index in [4.69, 9.17) is 12.8 Å². The van der Waals surface area contributed by atoms with Crippen molar-refractivity contribution in [2.24, 2.45) is 0 Å². The third kappa shape index (κ3) is 24.8. The summed E-state index contributed by atoms with van der Waals surface area (Å²) in [5.74, 6) is 5.13. The minimum absolute atomic E-state index is 0. The molecule has 0 atom stereocenters. The van der Waals surface area contributed by atoms with Crippen molar-refractivity contribution < 1.29 is 51.7 Å². The molecule has 2 aromatic heterocycles. The Morgan fingerprint density at radius 3 is 0.904 bits per heavy atom. The maximum absolute atomic E-state index is 10.9. The van der Waals surface area contributed by atoms with Crippen LogP contribution in [-0.2, 0) is 42.1 Å². The van der Waals surface area contributed by atoms with E-state index < -0.39 is 0 Å². The maximum atomic E-state index is 10.9. The standard InChI is InChI=1S/C20H6S2.2C9H7O.4C6H15P.CH4.2Pt/c1-3-13-17-11-7-5-10-16-20(11)18(14(4-2)22-16)12-8-6-9-15(21-13)19(12)17;2*1-2-9(10)8-6-4-3-5-7-8;4*1-4-7(5-2)6-3;;;/h5-10H;2*2,4-7H,1H2;4*4-6H2,1-3H3;1H4;;/q-2;2*-1;;;;;;2*+2/p+4. The van der Waals surface area contributed by atoms with Gasteiger partial charge in [-0.25, -0.2) is 22.7 Å². The average molecular weight is 1460 g/mol. The average Bonchev–Trinajstić information content (AvgIpc) is 4.01. The van der Waals surface area contributed by atoms with Crippen LogP contribution in [0, 0.1) is 36.8 Å². The van der Waals surface area contributed by atoms with Crippen molar-refractivity contribution in [2.75, 3.05) is 73.9 Å². The zero-order valence-corrected chi connectivity index (χ0v) is 55.6. The molecule has 0 radical (unpaired) electrons. The summed E-state index contributed by atoms with van der Waals surface area (Å²) >= 11 is 3.22. The third-order valence-corrected chi connectivity index (χ3v) is 26.7. The zero-order chi connectivity index (χ0) is 52.4. The van der Waals surface area contributed by atoms with Crippen LogP contribution in [0.3, 0.4) is 0 Å². The van der Waals surface area contributed by atoms with E-state index in [1.807, 2.05) is 0 Å². The fourth-order valence-corrected chi connectivity index (χ4v) is 15.8. The van der Waals surface area contributed by atoms with Gasteiger partial charge < -0.3 is 12.8 Å². The largest absolute Gasteiger partial charge is 2.00 e. The molecule has 0 spiro atoms. The summed E-state index contributed by atoms with van der Waals surface area (Å²) in [6.45, 7) is 34.4. The van der Waals surface area contributed by atoms with Gasteiger partial charge >= 0.3 is 42.1 Å². The molecule has 0 saturated heterocycles. The van der Waals surface area contributed by atoms with Gasteiger partial charge in [0.05, 0.1) is 73.9 Å². The van der Waals surface area contributed by atoms with Crippen LogP contribution in [0.4, 0.5) is 0 Å². The first-order valence-electron chi connectivity index (χ1n) is 25.5. The number of ketones is 2. The van der Waals surface area contributed by atoms with E-state index in [1.54, 1.807) is 71.2 Å². The van der Waals surface area contributed by atoms with Crippen LogP contribution in [-0.4, -0.2) is 85.5 Å². The number of fused-ring (bicyclic) bond motifs is 2. The molecular weight excluding hydrogens is 1370 g/mol. The number of benzene rings is 5. The second kappa shape index (κ2) is 44.9. The van der Waals surface area contributed by atoms with Crippen LogP contribution in [0.25, 0.3) is 41.7 Å². The third-order valence-electron chi connectivity index (χ3n) is 12.6. The number of carbonyl (C=O) groups excluding carboxylic acids is 2. The summed E-state index contributed by atoms with van der Waals surface area (Å²) in [6.07, 6.45) is 35.4. The number of carbonyl (C=O) groups is 2. The molecule has 0 aliphatic rings. The fraction of sp³-hybridized carbons (Fsp3) is 0.397. The molecule has 2 nitrogen and oxygen atoms in total. The Labute approximate surface area is 487 Å². The summed E-state index contributed by atoms with van der Waals surface area (Å²) < 4.78 is 2.35. The van der Waals surface area contributed by atoms with E-state index in [0.717, 1.165) is 31.3 Å². The first kappa shape index (κ1) is 75.1. The first-order valence-corrected chi connectivity index (χ1v) is 35.6. The van der Waals surface area contributed by atoms with Crippen LogP contribution in [0.5, 0.6) is 0 Å². The fourth-order valence-electron chi connectivity index (χ4n) is 7.74. The van der Waals surface area contributed by atoms with Crippen molar-refractivity contribution >= 4 is 108 Å². The van der Waals surface area contributed by atoms with Crippen molar-refractivity contribution in [3.05, 3.63) is 156 Å². The van der Waals surface area contributed by atoms with Crippen molar-refractivity contribution in [1.82, 2.24) is 0 Å². The Kier molecular flexibility index (Phi) is 46.2. The molecule has 0 aliphatic heterocycles. The molecule has 0 bridgehead atoms. The topological polar surface area (TPSA) is 34.1 Å². The smallest absolute Gasteiger partial charge is 0.365 e. The van der Waals surface area contributed by atoms with Crippen LogP contribution in [0.2, 0.25) is 0 Å². The van der Waals surface area contributed by atoms with Crippen molar-refractivity contribution in [3.8, 4) is 11.8 Å². The Morgan fingerprint density at radius 2 is 0.712 bits per heavy atom. The quantitative estimate of drug-likeness (QED) is 0.0241. The minimum Gasteiger partial charge on any atom is -0.365 e. The molecule has 0 aliphatic carbocycles. The molecule has 73 heavy (non-hydrogen) atoms. The normalized spacial score (nSPS) is 9.84. The maximum Gasteiger partial charge on any atom is 2.00 e. The summed E-state index contributed by atoms with van der Waals surface area (Å²) in [6, 6.07) is 31.8. The molecule has 2 heterocycles. The summed E-state index contributed by atoms with van der Waals surface area (Å²) in [7, 11) is 0.549. The van der Waals surface area contributed by atoms with Crippen molar-refractivity contribution in [1.29, 1.82) is 0 Å². The van der Waals surface area contributed by atoms with E-state index in [2.05, 4.69) is 157 Å². The molecule has 0 unspecified atom stereocenters. The predicted molar refractivity (Wildman–Crippen MR) is 342 cm³/mol. The van der Waals surface area contributed by atoms with E-state index >= 15 is 0 Å². The molecule has 0 saturated carbocycles. The van der Waals surface area contributed by atoms with Gasteiger partial charge in [-0.15, -0.1) is 0 Å². The van der Waals surface area contributed by atoms with E-state index in [-0.39, 0.29) is 92.8 Å². The van der Waals surface area contributed by atoms with Gasteiger partial charge in [0.1, 0.15) is 0 Å². The Balaban J connectivity index is -0.000000834. The molecule has 7 aromatic rings. The van der Waals surface area contributed by atoms with Gasteiger partial charge in [0, 0.05) is 9.40 Å². The van der Waals surface area contributed by atoms with Crippen LogP contribution in [0.1, 0.15) is 121 Å². The minimum atomic E-state index is -0.0472. The number of thiophene rings is 2. The van der Waals surface area contributed by atoms with E-state index in [1.165, 1.54) is 106 Å². The summed E-state index contributed by atoms with van der Waals surface area (Å²) in [5, 5.41) is 6.94. The molecular formula is C63H88O2P4Pt2S2+4. The Hall–Kier alpha value is -2.16. The molecule has 0 amide bonds. The van der Waals surface area contributed by atoms with Gasteiger partial charge in [0.25, 0.3) is 0 Å². The van der Waals surface area contributed by atoms with Crippen molar-refractivity contribution in [2.45, 2.75) is 90.5 Å². The number of allylic oxidation sites excluding steroid dienone is 2. The molecule has 10 heteroatoms. The van der Waals surface area contributed by atoms with Gasteiger partial charge in [-0.1, -0.05) is 76.5 Å². The molecule has 7 rings (SSSR count). The number of hydrogen-bond acceptors (Lipinski definition) is 4. The van der Waals surface area contributed by atoms with Gasteiger partial charge in [0.15, 0.2) is 11.6 Å². The molecule has 0 N–H and O–H groups in total. The summed E-state index contributed by atoms with van der Waals surface area (Å²) in [4.78, 5) is 23.5. The monoisotopic (exact) mass is 1450 g/mol. The Morgan fingerprint density at radius 1 is 0.466 bits per heavy atom. The van der Waals surface area contributed by atoms with Crippen LogP contribution < -0.4 is 0 Å². The number of hydrogen-bond donors (Lipinski definition) is 0. The van der Waals surface area contributed by atoms with Gasteiger partial charge in [-0.2, -0.15) is 60.7 Å². The molecule has 400 valence electrons. The SMILES string of the molecule is C.C=CC(=O)c1cc[c-]cc1.C=CC(=O)c1cc[c-]cc1.CC[PH+](CC)CC.CC[PH+](CC)CC.CC[PH+](CC)CC.CC[PH+](CC)CC.[C-]#Cc1sc2cccc3c4c(C#[C-])sc5cccc(c1c23)c54.[Pt+2].[Pt+2]. The van der Waals surface area contributed by atoms with Crippen molar-refractivity contribution in [3.63, 3.8) is 0 Å². The van der Waals surface area contributed by atoms with Crippen LogP contribution >= 0.6 is 54.4 Å². The van der Waals surface area contributed by atoms with Crippen LogP contribution in [0.15, 0.2) is 110 Å². The second-order valence-electron chi connectivity index (χ2n) is 16.2. The number of rotatable bonds is 16. The molecule has 0 fully saturated rings. The van der Waals surface area contributed by atoms with Gasteiger partial charge in [-0.3, -0.25) is 21.4 Å². The first-order chi connectivity index (χ1) is 33.9. The van der Waals surface area contributed by atoms with E-state index in [0.29, 0.717) is 11.1 Å². The van der Waals surface area contributed by atoms with E-state index in [9.17, 15) is 9.59 Å². The zero-order valence-electron chi connectivity index (χ0n) is 45.4. The predicted octanol–water partition coefficient (Wildman–Crippen LogP) is 19.1. The Bertz CT molecular complexity index is 2380. The van der Waals surface area contributed by atoms with Gasteiger partial charge in [-0.05, 0) is 161 Å². The van der Waals surface area contributed by atoms with Gasteiger partial charge in [0.2, 0.25) is 0 Å². The summed E-state index contributed by atoms with van der Waals surface area (Å²) in [5.41, 5.74) is 1.32.